The zero-order chi connectivity index (χ0) is 20.9. The number of nitrogens with two attached hydrogens (primary N) is 1. The van der Waals surface area contributed by atoms with Gasteiger partial charge >= 0.3 is 0 Å². The number of ether oxygens (including phenoxy) is 2. The SMILES string of the molecule is COCCCCOc1ccc2cc(-c3noc([C@@H]4CCCN4C(=N)N)n3)ccc2c1. The van der Waals surface area contributed by atoms with Gasteiger partial charge in [0.05, 0.1) is 6.61 Å². The first-order valence-corrected chi connectivity index (χ1v) is 10.3. The van der Waals surface area contributed by atoms with Crippen LogP contribution in [0.15, 0.2) is 40.9 Å². The van der Waals surface area contributed by atoms with Crippen LogP contribution >= 0.6 is 0 Å². The topological polar surface area (TPSA) is 110 Å². The Kier molecular flexibility index (Phi) is 6.13. The molecule has 8 nitrogen and oxygen atoms in total. The zero-order valence-electron chi connectivity index (χ0n) is 17.1. The van der Waals surface area contributed by atoms with Crippen LogP contribution in [0.2, 0.25) is 0 Å². The summed E-state index contributed by atoms with van der Waals surface area (Å²) in [6, 6.07) is 12.0. The molecule has 1 aromatic heterocycles. The van der Waals surface area contributed by atoms with Gasteiger partial charge in [-0.05, 0) is 54.7 Å². The molecule has 1 saturated heterocycles. The summed E-state index contributed by atoms with van der Waals surface area (Å²) < 4.78 is 16.4. The smallest absolute Gasteiger partial charge is 0.249 e. The number of guanidine groups is 1. The van der Waals surface area contributed by atoms with Crippen molar-refractivity contribution in [3.63, 3.8) is 0 Å². The molecule has 2 aromatic carbocycles. The van der Waals surface area contributed by atoms with E-state index in [0.29, 0.717) is 18.3 Å². The Bertz CT molecular complexity index is 1020. The third kappa shape index (κ3) is 4.38. The number of nitrogens with zero attached hydrogens (tertiary/aromatic N) is 3. The van der Waals surface area contributed by atoms with Gasteiger partial charge in [0.15, 0.2) is 5.96 Å². The molecule has 1 atom stereocenters. The number of methoxy groups -OCH3 is 1. The molecule has 0 saturated carbocycles. The standard InChI is InChI=1S/C22H27N5O3/c1-28-11-2-3-12-29-18-9-8-15-13-17(7-6-16(15)14-18)20-25-21(30-26-20)19-5-4-10-27(19)22(23)24/h6-9,13-14,19H,2-5,10-12H2,1H3,(H3,23,24)/t19-/m0/s1. The number of hydrogen-bond donors (Lipinski definition) is 2. The van der Waals surface area contributed by atoms with Crippen molar-refractivity contribution in [3.05, 3.63) is 42.3 Å². The zero-order valence-corrected chi connectivity index (χ0v) is 17.1. The number of rotatable bonds is 8. The first-order valence-electron chi connectivity index (χ1n) is 10.3. The fourth-order valence-electron chi connectivity index (χ4n) is 3.79. The van der Waals surface area contributed by atoms with Gasteiger partial charge in [-0.25, -0.2) is 0 Å². The van der Waals surface area contributed by atoms with Crippen molar-refractivity contribution < 1.29 is 14.0 Å². The maximum Gasteiger partial charge on any atom is 0.249 e. The average molecular weight is 409 g/mol. The van der Waals surface area contributed by atoms with Crippen molar-refractivity contribution in [3.8, 4) is 17.1 Å². The van der Waals surface area contributed by atoms with E-state index in [-0.39, 0.29) is 12.0 Å². The Morgan fingerprint density at radius 2 is 2.00 bits per heavy atom. The lowest BCUT2D eigenvalue weighted by Crippen LogP contribution is -2.35. The third-order valence-corrected chi connectivity index (χ3v) is 5.37. The minimum Gasteiger partial charge on any atom is -0.494 e. The lowest BCUT2D eigenvalue weighted by molar-refractivity contribution is 0.184. The molecule has 1 aliphatic heterocycles. The first kappa shape index (κ1) is 20.2. The molecule has 3 aromatic rings. The van der Waals surface area contributed by atoms with Gasteiger partial charge in [-0.15, -0.1) is 0 Å². The fraction of sp³-hybridized carbons (Fsp3) is 0.409. The second-order valence-corrected chi connectivity index (χ2v) is 7.46. The minimum atomic E-state index is -0.118. The Balaban J connectivity index is 1.47. The highest BCUT2D eigenvalue weighted by molar-refractivity contribution is 5.87. The van der Waals surface area contributed by atoms with Crippen molar-refractivity contribution in [2.24, 2.45) is 5.73 Å². The fourth-order valence-corrected chi connectivity index (χ4v) is 3.79. The van der Waals surface area contributed by atoms with Crippen LogP contribution in [0.3, 0.4) is 0 Å². The molecule has 0 spiro atoms. The lowest BCUT2D eigenvalue weighted by atomic mass is 10.1. The van der Waals surface area contributed by atoms with E-state index in [2.05, 4.69) is 10.1 Å². The van der Waals surface area contributed by atoms with Crippen LogP contribution in [-0.2, 0) is 4.74 Å². The Morgan fingerprint density at radius 1 is 1.20 bits per heavy atom. The van der Waals surface area contributed by atoms with Crippen LogP contribution < -0.4 is 10.5 Å². The van der Waals surface area contributed by atoms with Crippen molar-refractivity contribution in [2.45, 2.75) is 31.7 Å². The Hall–Kier alpha value is -3.13. The Labute approximate surface area is 175 Å². The van der Waals surface area contributed by atoms with Gasteiger partial charge < -0.3 is 24.6 Å². The van der Waals surface area contributed by atoms with E-state index in [1.54, 1.807) is 12.0 Å². The molecule has 4 rings (SSSR count). The van der Waals surface area contributed by atoms with E-state index in [9.17, 15) is 0 Å². The predicted molar refractivity (Wildman–Crippen MR) is 114 cm³/mol. The number of likely N-dealkylation sites (tertiary alicyclic amines) is 1. The van der Waals surface area contributed by atoms with Crippen LogP contribution in [0.1, 0.15) is 37.6 Å². The predicted octanol–water partition coefficient (Wildman–Crippen LogP) is 3.73. The van der Waals surface area contributed by atoms with Crippen LogP contribution in [0.4, 0.5) is 0 Å². The van der Waals surface area contributed by atoms with Crippen LogP contribution in [0.25, 0.3) is 22.2 Å². The summed E-state index contributed by atoms with van der Waals surface area (Å²) in [6.07, 6.45) is 3.76. The van der Waals surface area contributed by atoms with Gasteiger partial charge in [0.2, 0.25) is 11.7 Å². The van der Waals surface area contributed by atoms with Gasteiger partial charge in [-0.1, -0.05) is 23.4 Å². The van der Waals surface area contributed by atoms with E-state index >= 15 is 0 Å². The molecule has 0 amide bonds. The molecule has 1 aliphatic rings. The summed E-state index contributed by atoms with van der Waals surface area (Å²) in [4.78, 5) is 6.38. The van der Waals surface area contributed by atoms with Gasteiger partial charge in [0.25, 0.3) is 0 Å². The van der Waals surface area contributed by atoms with Crippen LogP contribution in [0, 0.1) is 5.41 Å². The van der Waals surface area contributed by atoms with Gasteiger partial charge in [0, 0.05) is 25.8 Å². The van der Waals surface area contributed by atoms with Crippen LogP contribution in [-0.4, -0.2) is 47.9 Å². The third-order valence-electron chi connectivity index (χ3n) is 5.37. The molecule has 158 valence electrons. The van der Waals surface area contributed by atoms with Crippen molar-refractivity contribution in [1.29, 1.82) is 5.41 Å². The van der Waals surface area contributed by atoms with Crippen molar-refractivity contribution in [1.82, 2.24) is 15.0 Å². The van der Waals surface area contributed by atoms with Crippen LogP contribution in [0.5, 0.6) is 5.75 Å². The molecule has 30 heavy (non-hydrogen) atoms. The second kappa shape index (κ2) is 9.13. The summed E-state index contributed by atoms with van der Waals surface area (Å²) in [5, 5.41) is 14.0. The maximum atomic E-state index is 7.72. The van der Waals surface area contributed by atoms with E-state index in [1.807, 2.05) is 36.4 Å². The normalized spacial score (nSPS) is 16.3. The van der Waals surface area contributed by atoms with E-state index in [1.165, 1.54) is 0 Å². The van der Waals surface area contributed by atoms with E-state index in [4.69, 9.17) is 25.1 Å². The molecule has 1 fully saturated rings. The highest BCUT2D eigenvalue weighted by Gasteiger charge is 2.31. The van der Waals surface area contributed by atoms with E-state index in [0.717, 1.165) is 60.9 Å². The number of aromatic nitrogens is 2. The van der Waals surface area contributed by atoms with Crippen molar-refractivity contribution >= 4 is 16.7 Å². The first-order chi connectivity index (χ1) is 14.7. The number of nitrogens with one attached hydrogen (secondary N) is 1. The van der Waals surface area contributed by atoms with Crippen molar-refractivity contribution in [2.75, 3.05) is 26.9 Å². The number of benzene rings is 2. The monoisotopic (exact) mass is 409 g/mol. The summed E-state index contributed by atoms with van der Waals surface area (Å²) in [5.41, 5.74) is 6.56. The molecule has 0 unspecified atom stereocenters. The molecule has 3 N–H and O–H groups in total. The summed E-state index contributed by atoms with van der Waals surface area (Å²) in [6.45, 7) is 2.18. The molecule has 0 radical (unpaired) electrons. The molecule has 0 aliphatic carbocycles. The maximum absolute atomic E-state index is 7.72. The molecule has 0 bridgehead atoms. The van der Waals surface area contributed by atoms with Gasteiger partial charge in [-0.2, -0.15) is 4.98 Å². The molecular formula is C22H27N5O3. The number of fused-ring (bicyclic) bond motifs is 1. The van der Waals surface area contributed by atoms with E-state index < -0.39 is 0 Å². The summed E-state index contributed by atoms with van der Waals surface area (Å²) in [7, 11) is 1.71. The molecule has 8 heteroatoms. The summed E-state index contributed by atoms with van der Waals surface area (Å²) in [5.74, 6) is 1.95. The molecular weight excluding hydrogens is 382 g/mol. The van der Waals surface area contributed by atoms with Gasteiger partial charge in [0.1, 0.15) is 11.8 Å². The average Bonchev–Trinajstić information content (AvgIpc) is 3.42. The highest BCUT2D eigenvalue weighted by atomic mass is 16.5. The number of unbranched alkanes of at least 4 members (excludes halogenated alkanes) is 1. The largest absolute Gasteiger partial charge is 0.494 e. The Morgan fingerprint density at radius 3 is 2.83 bits per heavy atom. The highest BCUT2D eigenvalue weighted by Crippen LogP contribution is 2.32. The quantitative estimate of drug-likeness (QED) is 0.331. The second-order valence-electron chi connectivity index (χ2n) is 7.46. The lowest BCUT2D eigenvalue weighted by Gasteiger charge is -2.21. The van der Waals surface area contributed by atoms with Gasteiger partial charge in [-0.3, -0.25) is 5.41 Å². The molecule has 2 heterocycles. The number of hydrogen-bond acceptors (Lipinski definition) is 6. The summed E-state index contributed by atoms with van der Waals surface area (Å²) >= 11 is 0. The minimum absolute atomic E-state index is 0.0414.